The van der Waals surface area contributed by atoms with E-state index in [0.29, 0.717) is 33.7 Å². The molecule has 0 radical (unpaired) electrons. The van der Waals surface area contributed by atoms with E-state index < -0.39 is 21.9 Å². The van der Waals surface area contributed by atoms with Gasteiger partial charge < -0.3 is 10.1 Å². The standard InChI is InChI=1S/C22H20N6O6S/c1-3-34-20(29)18-13(2)23-21-24-22(35-12-14-4-8-16(9-5-14)27(30)31)25-26(21)19(18)15-6-10-17(11-7-15)28(32)33/h4-11,19H,3,12H2,1-2H3,(H,23,24,25)/t19-/m1/s1. The minimum atomic E-state index is -0.702. The number of nitro benzene ring substituents is 2. The second kappa shape index (κ2) is 9.93. The molecule has 4 rings (SSSR count). The zero-order valence-corrected chi connectivity index (χ0v) is 19.5. The van der Waals surface area contributed by atoms with Gasteiger partial charge in [-0.3, -0.25) is 20.2 Å². The Hall–Kier alpha value is -4.26. The summed E-state index contributed by atoms with van der Waals surface area (Å²) < 4.78 is 6.81. The summed E-state index contributed by atoms with van der Waals surface area (Å²) in [7, 11) is 0. The summed E-state index contributed by atoms with van der Waals surface area (Å²) in [6.07, 6.45) is 0. The number of allylic oxidation sites excluding steroid dienone is 1. The number of hydrogen-bond acceptors (Lipinski definition) is 10. The van der Waals surface area contributed by atoms with Gasteiger partial charge in [-0.15, -0.1) is 5.10 Å². The van der Waals surface area contributed by atoms with Gasteiger partial charge in [-0.2, -0.15) is 4.98 Å². The molecule has 180 valence electrons. The molecular formula is C22H20N6O6S. The Bertz CT molecular complexity index is 1320. The van der Waals surface area contributed by atoms with Crippen molar-refractivity contribution in [1.29, 1.82) is 0 Å². The third kappa shape index (κ3) is 4.99. The fourth-order valence-electron chi connectivity index (χ4n) is 3.61. The first-order valence-corrected chi connectivity index (χ1v) is 11.5. The van der Waals surface area contributed by atoms with E-state index in [9.17, 15) is 25.0 Å². The summed E-state index contributed by atoms with van der Waals surface area (Å²) in [5.41, 5.74) is 2.27. The lowest BCUT2D eigenvalue weighted by Crippen LogP contribution is -2.29. The maximum atomic E-state index is 12.8. The molecule has 1 N–H and O–H groups in total. The van der Waals surface area contributed by atoms with Gasteiger partial charge in [0.25, 0.3) is 11.4 Å². The van der Waals surface area contributed by atoms with Crippen LogP contribution in [-0.2, 0) is 15.3 Å². The fraction of sp³-hybridized carbons (Fsp3) is 0.227. The molecule has 13 heteroatoms. The number of anilines is 1. The quantitative estimate of drug-likeness (QED) is 0.207. The average molecular weight is 497 g/mol. The number of nitro groups is 2. The molecule has 0 fully saturated rings. The van der Waals surface area contributed by atoms with Crippen molar-refractivity contribution in [3.63, 3.8) is 0 Å². The van der Waals surface area contributed by atoms with Crippen molar-refractivity contribution in [2.24, 2.45) is 0 Å². The van der Waals surface area contributed by atoms with Gasteiger partial charge in [-0.05, 0) is 37.1 Å². The minimum Gasteiger partial charge on any atom is -0.463 e. The highest BCUT2D eigenvalue weighted by Gasteiger charge is 2.35. The molecule has 0 saturated heterocycles. The summed E-state index contributed by atoms with van der Waals surface area (Å²) in [5.74, 6) is 0.355. The Morgan fingerprint density at radius 3 is 2.26 bits per heavy atom. The molecule has 0 saturated carbocycles. The molecule has 0 unspecified atom stereocenters. The average Bonchev–Trinajstić information content (AvgIpc) is 3.24. The summed E-state index contributed by atoms with van der Waals surface area (Å²) in [4.78, 5) is 38.3. The van der Waals surface area contributed by atoms with Gasteiger partial charge in [-0.25, -0.2) is 9.48 Å². The first-order valence-electron chi connectivity index (χ1n) is 10.5. The van der Waals surface area contributed by atoms with Gasteiger partial charge in [0.15, 0.2) is 0 Å². The Morgan fingerprint density at radius 2 is 1.69 bits per heavy atom. The van der Waals surface area contributed by atoms with Crippen LogP contribution < -0.4 is 5.32 Å². The monoisotopic (exact) mass is 496 g/mol. The van der Waals surface area contributed by atoms with Crippen LogP contribution in [0.5, 0.6) is 0 Å². The van der Waals surface area contributed by atoms with Crippen molar-refractivity contribution in [3.05, 3.63) is 91.2 Å². The molecule has 2 heterocycles. The van der Waals surface area contributed by atoms with Gasteiger partial charge in [0.2, 0.25) is 11.1 Å². The summed E-state index contributed by atoms with van der Waals surface area (Å²) in [5, 5.41) is 30.0. The van der Waals surface area contributed by atoms with Crippen LogP contribution in [0.1, 0.15) is 31.0 Å². The van der Waals surface area contributed by atoms with Crippen LogP contribution in [0.3, 0.4) is 0 Å². The molecule has 0 aliphatic carbocycles. The second-order valence-corrected chi connectivity index (χ2v) is 8.45. The van der Waals surface area contributed by atoms with Crippen molar-refractivity contribution in [2.75, 3.05) is 11.9 Å². The fourth-order valence-corrected chi connectivity index (χ4v) is 4.40. The zero-order chi connectivity index (χ0) is 25.1. The Balaban J connectivity index is 1.65. The van der Waals surface area contributed by atoms with Gasteiger partial charge >= 0.3 is 5.97 Å². The molecule has 0 bridgehead atoms. The lowest BCUT2D eigenvalue weighted by Gasteiger charge is -2.28. The van der Waals surface area contributed by atoms with Crippen LogP contribution in [0.25, 0.3) is 0 Å². The normalized spacial score (nSPS) is 14.7. The number of thioether (sulfide) groups is 1. The van der Waals surface area contributed by atoms with Gasteiger partial charge in [0, 0.05) is 35.7 Å². The summed E-state index contributed by atoms with van der Waals surface area (Å²) in [6.45, 7) is 3.62. The first kappa shape index (κ1) is 23.9. The van der Waals surface area contributed by atoms with Crippen LogP contribution in [0.4, 0.5) is 17.3 Å². The number of ether oxygens (including phenoxy) is 1. The number of non-ortho nitro benzene ring substituents is 2. The first-order chi connectivity index (χ1) is 16.8. The van der Waals surface area contributed by atoms with E-state index in [2.05, 4.69) is 15.4 Å². The third-order valence-corrected chi connectivity index (χ3v) is 6.17. The van der Waals surface area contributed by atoms with Crippen molar-refractivity contribution >= 4 is 35.1 Å². The molecule has 1 atom stereocenters. The van der Waals surface area contributed by atoms with Gasteiger partial charge in [0.05, 0.1) is 22.0 Å². The second-order valence-electron chi connectivity index (χ2n) is 7.51. The Morgan fingerprint density at radius 1 is 1.09 bits per heavy atom. The Labute approximate surface area is 203 Å². The molecule has 0 spiro atoms. The number of rotatable bonds is 8. The third-order valence-electron chi connectivity index (χ3n) is 5.26. The van der Waals surface area contributed by atoms with E-state index >= 15 is 0 Å². The molecule has 1 aromatic heterocycles. The van der Waals surface area contributed by atoms with Crippen molar-refractivity contribution < 1.29 is 19.4 Å². The molecule has 2 aromatic carbocycles. The SMILES string of the molecule is CCOC(=O)C1=C(C)Nc2nc(SCc3ccc([N+](=O)[O-])cc3)nn2[C@@H]1c1ccc([N+](=O)[O-])cc1. The van der Waals surface area contributed by atoms with E-state index in [1.165, 1.54) is 36.0 Å². The maximum absolute atomic E-state index is 12.8. The van der Waals surface area contributed by atoms with E-state index in [0.717, 1.165) is 5.56 Å². The highest BCUT2D eigenvalue weighted by molar-refractivity contribution is 7.98. The topological polar surface area (TPSA) is 155 Å². The number of benzene rings is 2. The van der Waals surface area contributed by atoms with Gasteiger partial charge in [0.1, 0.15) is 6.04 Å². The van der Waals surface area contributed by atoms with Crippen LogP contribution >= 0.6 is 11.8 Å². The summed E-state index contributed by atoms with van der Waals surface area (Å²) in [6, 6.07) is 11.4. The minimum absolute atomic E-state index is 0.0116. The maximum Gasteiger partial charge on any atom is 0.338 e. The number of carbonyl (C=O) groups is 1. The molecule has 1 aliphatic rings. The predicted octanol–water partition coefficient (Wildman–Crippen LogP) is 4.24. The Kier molecular flexibility index (Phi) is 6.78. The number of aromatic nitrogens is 3. The smallest absolute Gasteiger partial charge is 0.338 e. The van der Waals surface area contributed by atoms with Crippen LogP contribution in [0.2, 0.25) is 0 Å². The van der Waals surface area contributed by atoms with Crippen LogP contribution in [0.15, 0.2) is 65.0 Å². The predicted molar refractivity (Wildman–Crippen MR) is 127 cm³/mol. The molecule has 3 aromatic rings. The van der Waals surface area contributed by atoms with Crippen molar-refractivity contribution in [2.45, 2.75) is 30.8 Å². The van der Waals surface area contributed by atoms with Gasteiger partial charge in [-0.1, -0.05) is 23.9 Å². The molecule has 0 amide bonds. The van der Waals surface area contributed by atoms with Crippen LogP contribution in [-0.4, -0.2) is 37.2 Å². The van der Waals surface area contributed by atoms with Crippen LogP contribution in [0, 0.1) is 20.2 Å². The lowest BCUT2D eigenvalue weighted by molar-refractivity contribution is -0.385. The number of carbonyl (C=O) groups excluding carboxylic acids is 1. The number of hydrogen-bond donors (Lipinski definition) is 1. The van der Waals surface area contributed by atoms with E-state index in [-0.39, 0.29) is 18.0 Å². The number of fused-ring (bicyclic) bond motifs is 1. The zero-order valence-electron chi connectivity index (χ0n) is 18.7. The summed E-state index contributed by atoms with van der Waals surface area (Å²) >= 11 is 1.33. The molecule has 12 nitrogen and oxygen atoms in total. The van der Waals surface area contributed by atoms with E-state index in [1.54, 1.807) is 42.8 Å². The van der Waals surface area contributed by atoms with Crippen molar-refractivity contribution in [3.8, 4) is 0 Å². The largest absolute Gasteiger partial charge is 0.463 e. The lowest BCUT2D eigenvalue weighted by atomic mass is 9.95. The number of nitrogens with zero attached hydrogens (tertiary/aromatic N) is 5. The number of nitrogens with one attached hydrogen (secondary N) is 1. The highest BCUT2D eigenvalue weighted by atomic mass is 32.2. The molecular weight excluding hydrogens is 476 g/mol. The van der Waals surface area contributed by atoms with Crippen molar-refractivity contribution in [1.82, 2.24) is 14.8 Å². The number of esters is 1. The van der Waals surface area contributed by atoms with E-state index in [4.69, 9.17) is 4.74 Å². The highest BCUT2D eigenvalue weighted by Crippen LogP contribution is 2.37. The van der Waals surface area contributed by atoms with E-state index in [1.807, 2.05) is 0 Å². The molecule has 35 heavy (non-hydrogen) atoms. The molecule has 1 aliphatic heterocycles.